The number of rotatable bonds is 7. The Morgan fingerprint density at radius 2 is 1.88 bits per heavy atom. The summed E-state index contributed by atoms with van der Waals surface area (Å²) in [5.74, 6) is 1.16. The van der Waals surface area contributed by atoms with E-state index in [1.54, 1.807) is 0 Å². The highest BCUT2D eigenvalue weighted by atomic mass is 16.2. The van der Waals surface area contributed by atoms with Crippen LogP contribution in [0.4, 0.5) is 0 Å². The lowest BCUT2D eigenvalue weighted by molar-refractivity contribution is -0.135. The summed E-state index contributed by atoms with van der Waals surface area (Å²) in [6.07, 6.45) is 5.20. The predicted octanol–water partition coefficient (Wildman–Crippen LogP) is 1.97. The molecule has 142 valence electrons. The van der Waals surface area contributed by atoms with E-state index in [2.05, 4.69) is 22.8 Å². The minimum absolute atomic E-state index is 0.0647. The molecule has 1 unspecified atom stereocenters. The van der Waals surface area contributed by atoms with E-state index in [1.165, 1.54) is 12.0 Å². The standard InChI is InChI=1S/C21H31N3O2/c25-20(7-6-17-4-2-1-3-5-17)24-14-10-19(11-15-24)21(26)23-13-9-18-8-12-22-16-18/h1-5,18-19,22H,6-16H2,(H,23,26). The Kier molecular flexibility index (Phi) is 7.06. The summed E-state index contributed by atoms with van der Waals surface area (Å²) in [5.41, 5.74) is 1.20. The molecule has 0 aliphatic carbocycles. The minimum Gasteiger partial charge on any atom is -0.356 e. The van der Waals surface area contributed by atoms with Gasteiger partial charge < -0.3 is 15.5 Å². The minimum atomic E-state index is 0.0647. The van der Waals surface area contributed by atoms with Crippen LogP contribution in [0, 0.1) is 11.8 Å². The summed E-state index contributed by atoms with van der Waals surface area (Å²) in [6, 6.07) is 10.1. The lowest BCUT2D eigenvalue weighted by atomic mass is 9.95. The predicted molar refractivity (Wildman–Crippen MR) is 103 cm³/mol. The smallest absolute Gasteiger partial charge is 0.223 e. The fourth-order valence-corrected chi connectivity index (χ4v) is 3.95. The van der Waals surface area contributed by atoms with Crippen molar-refractivity contribution in [3.05, 3.63) is 35.9 Å². The molecule has 0 saturated carbocycles. The van der Waals surface area contributed by atoms with Gasteiger partial charge in [0.1, 0.15) is 0 Å². The number of hydrogen-bond acceptors (Lipinski definition) is 3. The van der Waals surface area contributed by atoms with Crippen molar-refractivity contribution in [2.24, 2.45) is 11.8 Å². The van der Waals surface area contributed by atoms with E-state index in [0.29, 0.717) is 25.4 Å². The number of piperidine rings is 1. The van der Waals surface area contributed by atoms with Gasteiger partial charge in [-0.05, 0) is 56.7 Å². The summed E-state index contributed by atoms with van der Waals surface area (Å²) in [7, 11) is 0. The molecule has 26 heavy (non-hydrogen) atoms. The molecule has 2 N–H and O–H groups in total. The second kappa shape index (κ2) is 9.72. The number of carbonyl (C=O) groups is 2. The first-order valence-corrected chi connectivity index (χ1v) is 10.0. The highest BCUT2D eigenvalue weighted by molar-refractivity contribution is 5.80. The summed E-state index contributed by atoms with van der Waals surface area (Å²) >= 11 is 0. The van der Waals surface area contributed by atoms with Gasteiger partial charge in [-0.3, -0.25) is 9.59 Å². The zero-order valence-electron chi connectivity index (χ0n) is 15.6. The zero-order valence-corrected chi connectivity index (χ0v) is 15.6. The van der Waals surface area contributed by atoms with Crippen LogP contribution in [-0.2, 0) is 16.0 Å². The quantitative estimate of drug-likeness (QED) is 0.784. The largest absolute Gasteiger partial charge is 0.356 e. The Morgan fingerprint density at radius 3 is 2.58 bits per heavy atom. The molecule has 2 amide bonds. The Morgan fingerprint density at radius 1 is 1.12 bits per heavy atom. The Hall–Kier alpha value is -1.88. The molecule has 1 atom stereocenters. The summed E-state index contributed by atoms with van der Waals surface area (Å²) in [4.78, 5) is 26.6. The third kappa shape index (κ3) is 5.56. The molecular weight excluding hydrogens is 326 g/mol. The molecule has 2 heterocycles. The van der Waals surface area contributed by atoms with E-state index in [9.17, 15) is 9.59 Å². The van der Waals surface area contributed by atoms with Crippen molar-refractivity contribution in [1.82, 2.24) is 15.5 Å². The van der Waals surface area contributed by atoms with Gasteiger partial charge in [0, 0.05) is 32.0 Å². The van der Waals surface area contributed by atoms with Gasteiger partial charge in [0.25, 0.3) is 0 Å². The van der Waals surface area contributed by atoms with Crippen molar-refractivity contribution >= 4 is 11.8 Å². The molecule has 5 heteroatoms. The van der Waals surface area contributed by atoms with Crippen molar-refractivity contribution in [3.63, 3.8) is 0 Å². The second-order valence-corrected chi connectivity index (χ2v) is 7.58. The number of aryl methyl sites for hydroxylation is 1. The molecule has 1 aromatic rings. The van der Waals surface area contributed by atoms with Crippen molar-refractivity contribution in [2.75, 3.05) is 32.7 Å². The number of nitrogens with zero attached hydrogens (tertiary/aromatic N) is 1. The van der Waals surface area contributed by atoms with Crippen molar-refractivity contribution in [2.45, 2.75) is 38.5 Å². The normalized spacial score (nSPS) is 20.9. The van der Waals surface area contributed by atoms with Gasteiger partial charge in [-0.2, -0.15) is 0 Å². The molecule has 0 spiro atoms. The summed E-state index contributed by atoms with van der Waals surface area (Å²) < 4.78 is 0. The number of hydrogen-bond donors (Lipinski definition) is 2. The molecule has 0 aromatic heterocycles. The Labute approximate surface area is 156 Å². The van der Waals surface area contributed by atoms with Crippen molar-refractivity contribution < 1.29 is 9.59 Å². The maximum absolute atomic E-state index is 12.4. The van der Waals surface area contributed by atoms with Crippen LogP contribution in [0.1, 0.15) is 37.7 Å². The number of benzene rings is 1. The maximum Gasteiger partial charge on any atom is 0.223 e. The molecular formula is C21H31N3O2. The van der Waals surface area contributed by atoms with Crippen molar-refractivity contribution in [3.8, 4) is 0 Å². The molecule has 2 aliphatic rings. The number of amides is 2. The Bertz CT molecular complexity index is 576. The molecule has 5 nitrogen and oxygen atoms in total. The van der Waals surface area contributed by atoms with Gasteiger partial charge in [0.2, 0.25) is 11.8 Å². The lowest BCUT2D eigenvalue weighted by Gasteiger charge is -2.31. The first kappa shape index (κ1) is 18.9. The van der Waals surface area contributed by atoms with Crippen LogP contribution < -0.4 is 10.6 Å². The Balaban J connectivity index is 1.32. The number of likely N-dealkylation sites (tertiary alicyclic amines) is 1. The van der Waals surface area contributed by atoms with Gasteiger partial charge in [-0.1, -0.05) is 30.3 Å². The van der Waals surface area contributed by atoms with Crippen LogP contribution in [0.15, 0.2) is 30.3 Å². The van der Waals surface area contributed by atoms with Crippen LogP contribution in [0.25, 0.3) is 0 Å². The number of nitrogens with one attached hydrogen (secondary N) is 2. The van der Waals surface area contributed by atoms with E-state index in [1.807, 2.05) is 23.1 Å². The van der Waals surface area contributed by atoms with Gasteiger partial charge in [-0.15, -0.1) is 0 Å². The highest BCUT2D eigenvalue weighted by Crippen LogP contribution is 2.19. The molecule has 3 rings (SSSR count). The zero-order chi connectivity index (χ0) is 18.2. The van der Waals surface area contributed by atoms with Crippen LogP contribution in [-0.4, -0.2) is 49.4 Å². The van der Waals surface area contributed by atoms with Gasteiger partial charge in [0.15, 0.2) is 0 Å². The van der Waals surface area contributed by atoms with Gasteiger partial charge >= 0.3 is 0 Å². The lowest BCUT2D eigenvalue weighted by Crippen LogP contribution is -2.43. The SMILES string of the molecule is O=C(NCCC1CCNC1)C1CCN(C(=O)CCc2ccccc2)CC1. The molecule has 2 saturated heterocycles. The maximum atomic E-state index is 12.4. The van der Waals surface area contributed by atoms with E-state index in [0.717, 1.165) is 45.3 Å². The third-order valence-corrected chi connectivity index (χ3v) is 5.70. The second-order valence-electron chi connectivity index (χ2n) is 7.58. The highest BCUT2D eigenvalue weighted by Gasteiger charge is 2.27. The fraction of sp³-hybridized carbons (Fsp3) is 0.619. The van der Waals surface area contributed by atoms with Crippen LogP contribution >= 0.6 is 0 Å². The van der Waals surface area contributed by atoms with Gasteiger partial charge in [-0.25, -0.2) is 0 Å². The average Bonchev–Trinajstić information content (AvgIpc) is 3.20. The van der Waals surface area contributed by atoms with Gasteiger partial charge in [0.05, 0.1) is 0 Å². The van der Waals surface area contributed by atoms with E-state index in [4.69, 9.17) is 0 Å². The molecule has 0 radical (unpaired) electrons. The van der Waals surface area contributed by atoms with Crippen molar-refractivity contribution in [1.29, 1.82) is 0 Å². The number of carbonyl (C=O) groups excluding carboxylic acids is 2. The van der Waals surface area contributed by atoms with E-state index in [-0.39, 0.29) is 17.7 Å². The molecule has 2 aliphatic heterocycles. The first-order chi connectivity index (χ1) is 12.7. The van der Waals surface area contributed by atoms with E-state index < -0.39 is 0 Å². The topological polar surface area (TPSA) is 61.4 Å². The van der Waals surface area contributed by atoms with Crippen LogP contribution in [0.2, 0.25) is 0 Å². The van der Waals surface area contributed by atoms with E-state index >= 15 is 0 Å². The van der Waals surface area contributed by atoms with Crippen LogP contribution in [0.5, 0.6) is 0 Å². The third-order valence-electron chi connectivity index (χ3n) is 5.70. The summed E-state index contributed by atoms with van der Waals surface area (Å²) in [6.45, 7) is 4.38. The first-order valence-electron chi connectivity index (χ1n) is 10.0. The average molecular weight is 357 g/mol. The fourth-order valence-electron chi connectivity index (χ4n) is 3.95. The summed E-state index contributed by atoms with van der Waals surface area (Å²) in [5, 5.41) is 6.46. The van der Waals surface area contributed by atoms with Crippen LogP contribution in [0.3, 0.4) is 0 Å². The molecule has 2 fully saturated rings. The molecule has 1 aromatic carbocycles. The molecule has 0 bridgehead atoms. The monoisotopic (exact) mass is 357 g/mol.